The Hall–Kier alpha value is -0.160. The minimum atomic E-state index is -0.00317. The number of rotatable bonds is 6. The van der Waals surface area contributed by atoms with E-state index in [0.29, 0.717) is 5.41 Å². The van der Waals surface area contributed by atoms with Crippen LogP contribution in [0.1, 0.15) is 60.3 Å². The smallest absolute Gasteiger partial charge is 0.0600 e. The molecule has 3 aliphatic heterocycles. The molecule has 3 heterocycles. The van der Waals surface area contributed by atoms with E-state index < -0.39 is 0 Å². The average molecular weight is 366 g/mol. The quantitative estimate of drug-likeness (QED) is 0.719. The van der Waals surface area contributed by atoms with Crippen molar-refractivity contribution in [3.8, 4) is 0 Å². The number of ether oxygens (including phenoxy) is 1. The van der Waals surface area contributed by atoms with Gasteiger partial charge in [-0.2, -0.15) is 0 Å². The highest BCUT2D eigenvalue weighted by atomic mass is 16.5. The normalized spacial score (nSPS) is 26.5. The maximum Gasteiger partial charge on any atom is 0.0600 e. The molecule has 0 N–H and O–H groups in total. The molecule has 0 aromatic heterocycles. The number of piperidine rings is 2. The van der Waals surface area contributed by atoms with Crippen molar-refractivity contribution in [1.29, 1.82) is 0 Å². The van der Waals surface area contributed by atoms with Crippen LogP contribution in [0.15, 0.2) is 0 Å². The summed E-state index contributed by atoms with van der Waals surface area (Å²) >= 11 is 0. The molecular weight excluding hydrogens is 322 g/mol. The zero-order chi connectivity index (χ0) is 18.8. The summed E-state index contributed by atoms with van der Waals surface area (Å²) in [6, 6.07) is 0.724. The minimum absolute atomic E-state index is 0.00317. The van der Waals surface area contributed by atoms with Crippen LogP contribution in [0.2, 0.25) is 0 Å². The lowest BCUT2D eigenvalue weighted by Gasteiger charge is -2.55. The van der Waals surface area contributed by atoms with E-state index in [1.165, 1.54) is 71.5 Å². The summed E-state index contributed by atoms with van der Waals surface area (Å²) in [4.78, 5) is 8.02. The van der Waals surface area contributed by atoms with Crippen molar-refractivity contribution in [2.75, 3.05) is 59.0 Å². The number of hydrogen-bond acceptors (Lipinski definition) is 4. The molecule has 0 radical (unpaired) electrons. The van der Waals surface area contributed by atoms with Gasteiger partial charge in [0.2, 0.25) is 0 Å². The van der Waals surface area contributed by atoms with E-state index in [1.54, 1.807) is 0 Å². The van der Waals surface area contributed by atoms with Gasteiger partial charge in [-0.1, -0.05) is 0 Å². The Morgan fingerprint density at radius 3 is 2.12 bits per heavy atom. The fourth-order valence-electron chi connectivity index (χ4n) is 5.10. The summed E-state index contributed by atoms with van der Waals surface area (Å²) in [7, 11) is 0. The molecule has 0 aromatic carbocycles. The summed E-state index contributed by atoms with van der Waals surface area (Å²) in [5.74, 6) is 0.942. The van der Waals surface area contributed by atoms with Crippen LogP contribution in [0.25, 0.3) is 0 Å². The van der Waals surface area contributed by atoms with E-state index in [0.717, 1.165) is 25.1 Å². The highest BCUT2D eigenvalue weighted by molar-refractivity contribution is 4.98. The topological polar surface area (TPSA) is 19.0 Å². The van der Waals surface area contributed by atoms with Gasteiger partial charge in [-0.15, -0.1) is 0 Å². The molecule has 0 aliphatic carbocycles. The average Bonchev–Trinajstić information content (AvgIpc) is 2.54. The lowest BCUT2D eigenvalue weighted by Crippen LogP contribution is -2.61. The summed E-state index contributed by atoms with van der Waals surface area (Å²) in [6.45, 7) is 22.3. The largest absolute Gasteiger partial charge is 0.375 e. The van der Waals surface area contributed by atoms with E-state index in [4.69, 9.17) is 4.74 Å². The molecule has 1 spiro atoms. The van der Waals surface area contributed by atoms with Crippen LogP contribution in [0, 0.1) is 11.3 Å². The molecule has 3 saturated heterocycles. The number of hydrogen-bond donors (Lipinski definition) is 0. The predicted molar refractivity (Wildman–Crippen MR) is 110 cm³/mol. The van der Waals surface area contributed by atoms with Gasteiger partial charge in [-0.3, -0.25) is 0 Å². The SMILES string of the molecule is CC(C)N1CCC(CN2CC3(CCN(CCOC(C)(C)C)CC3)C2)CC1. The highest BCUT2D eigenvalue weighted by Gasteiger charge is 2.45. The van der Waals surface area contributed by atoms with Gasteiger partial charge in [-0.05, 0) is 97.8 Å². The van der Waals surface area contributed by atoms with Gasteiger partial charge in [0.05, 0.1) is 12.2 Å². The van der Waals surface area contributed by atoms with Gasteiger partial charge < -0.3 is 19.4 Å². The van der Waals surface area contributed by atoms with Crippen LogP contribution in [0.4, 0.5) is 0 Å². The fourth-order valence-corrected chi connectivity index (χ4v) is 5.10. The maximum atomic E-state index is 5.89. The Kier molecular flexibility index (Phi) is 6.70. The van der Waals surface area contributed by atoms with Crippen molar-refractivity contribution in [3.63, 3.8) is 0 Å². The molecule has 0 aromatic rings. The molecule has 152 valence electrons. The van der Waals surface area contributed by atoms with Gasteiger partial charge in [-0.25, -0.2) is 0 Å². The summed E-state index contributed by atoms with van der Waals surface area (Å²) in [5.41, 5.74) is 0.650. The van der Waals surface area contributed by atoms with Crippen LogP contribution >= 0.6 is 0 Å². The second kappa shape index (κ2) is 8.46. The first-order valence-corrected chi connectivity index (χ1v) is 11.1. The van der Waals surface area contributed by atoms with E-state index in [1.807, 2.05) is 0 Å². The standard InChI is InChI=1S/C22H43N3O/c1-19(2)25-10-6-20(7-11-25)16-24-17-22(18-24)8-12-23(13-9-22)14-15-26-21(3,4)5/h19-20H,6-18H2,1-5H3. The molecule has 0 bridgehead atoms. The van der Waals surface area contributed by atoms with Gasteiger partial charge in [0, 0.05) is 32.2 Å². The predicted octanol–water partition coefficient (Wildman–Crippen LogP) is 3.32. The Balaban J connectivity index is 1.29. The van der Waals surface area contributed by atoms with Crippen molar-refractivity contribution in [2.45, 2.75) is 71.9 Å². The molecule has 26 heavy (non-hydrogen) atoms. The monoisotopic (exact) mass is 365 g/mol. The zero-order valence-corrected chi connectivity index (χ0v) is 18.1. The van der Waals surface area contributed by atoms with Crippen LogP contribution in [0.5, 0.6) is 0 Å². The van der Waals surface area contributed by atoms with E-state index in [-0.39, 0.29) is 5.60 Å². The highest BCUT2D eigenvalue weighted by Crippen LogP contribution is 2.41. The molecule has 3 fully saturated rings. The Morgan fingerprint density at radius 2 is 1.58 bits per heavy atom. The number of likely N-dealkylation sites (tertiary alicyclic amines) is 3. The third kappa shape index (κ3) is 5.67. The Bertz CT molecular complexity index is 421. The van der Waals surface area contributed by atoms with Crippen molar-refractivity contribution < 1.29 is 4.74 Å². The minimum Gasteiger partial charge on any atom is -0.375 e. The van der Waals surface area contributed by atoms with Gasteiger partial charge in [0.15, 0.2) is 0 Å². The van der Waals surface area contributed by atoms with Crippen LogP contribution in [-0.2, 0) is 4.74 Å². The first-order chi connectivity index (χ1) is 12.2. The van der Waals surface area contributed by atoms with Gasteiger partial charge in [0.1, 0.15) is 0 Å². The maximum absolute atomic E-state index is 5.89. The lowest BCUT2D eigenvalue weighted by atomic mass is 9.71. The molecule has 0 atom stereocenters. The van der Waals surface area contributed by atoms with Crippen LogP contribution in [-0.4, -0.2) is 85.3 Å². The number of nitrogens with zero attached hydrogens (tertiary/aromatic N) is 3. The van der Waals surface area contributed by atoms with Gasteiger partial charge in [0.25, 0.3) is 0 Å². The molecule has 4 heteroatoms. The van der Waals surface area contributed by atoms with E-state index in [9.17, 15) is 0 Å². The van der Waals surface area contributed by atoms with Crippen molar-refractivity contribution >= 4 is 0 Å². The second-order valence-corrected chi connectivity index (χ2v) is 10.5. The Labute approximate surface area is 162 Å². The van der Waals surface area contributed by atoms with Gasteiger partial charge >= 0.3 is 0 Å². The first-order valence-electron chi connectivity index (χ1n) is 11.1. The third-order valence-electron chi connectivity index (χ3n) is 6.87. The molecule has 4 nitrogen and oxygen atoms in total. The summed E-state index contributed by atoms with van der Waals surface area (Å²) < 4.78 is 5.89. The van der Waals surface area contributed by atoms with Crippen molar-refractivity contribution in [3.05, 3.63) is 0 Å². The zero-order valence-electron chi connectivity index (χ0n) is 18.1. The molecule has 3 rings (SSSR count). The first kappa shape index (κ1) is 20.6. The summed E-state index contributed by atoms with van der Waals surface area (Å²) in [5, 5.41) is 0. The van der Waals surface area contributed by atoms with E-state index in [2.05, 4.69) is 49.3 Å². The Morgan fingerprint density at radius 1 is 0.962 bits per heavy atom. The molecular formula is C22H43N3O. The third-order valence-corrected chi connectivity index (χ3v) is 6.87. The summed E-state index contributed by atoms with van der Waals surface area (Å²) in [6.07, 6.45) is 5.60. The lowest BCUT2D eigenvalue weighted by molar-refractivity contribution is -0.0661. The molecule has 0 unspecified atom stereocenters. The second-order valence-electron chi connectivity index (χ2n) is 10.5. The van der Waals surface area contributed by atoms with Crippen molar-refractivity contribution in [2.24, 2.45) is 11.3 Å². The van der Waals surface area contributed by atoms with Crippen LogP contribution in [0.3, 0.4) is 0 Å². The van der Waals surface area contributed by atoms with Crippen LogP contribution < -0.4 is 0 Å². The molecule has 0 saturated carbocycles. The fraction of sp³-hybridized carbons (Fsp3) is 1.00. The molecule has 0 amide bonds. The molecule has 3 aliphatic rings. The van der Waals surface area contributed by atoms with E-state index >= 15 is 0 Å². The van der Waals surface area contributed by atoms with Crippen molar-refractivity contribution in [1.82, 2.24) is 14.7 Å².